The maximum atomic E-state index is 11.0. The number of rotatable bonds is 4. The molecular weight excluding hydrogens is 252 g/mol. The second kappa shape index (κ2) is 4.84. The summed E-state index contributed by atoms with van der Waals surface area (Å²) in [5, 5.41) is 25.5. The summed E-state index contributed by atoms with van der Waals surface area (Å²) in [4.78, 5) is 20.5. The SMILES string of the molecule is Cn1nc([N+](=O)[O-])c(Cc2ccccc2)c1[N+](=O)[O-]. The Bertz CT molecular complexity index is 636. The second-order valence-corrected chi connectivity index (χ2v) is 3.93. The van der Waals surface area contributed by atoms with Crippen LogP contribution in [0.5, 0.6) is 0 Å². The van der Waals surface area contributed by atoms with Crippen LogP contribution in [0.4, 0.5) is 11.6 Å². The number of aryl methyl sites for hydroxylation is 1. The smallest absolute Gasteiger partial charge is 0.358 e. The molecule has 0 unspecified atom stereocenters. The summed E-state index contributed by atoms with van der Waals surface area (Å²) in [5.41, 5.74) is 0.769. The number of benzene rings is 1. The summed E-state index contributed by atoms with van der Waals surface area (Å²) in [6.45, 7) is 0. The molecule has 2 aromatic rings. The van der Waals surface area contributed by atoms with Crippen molar-refractivity contribution < 1.29 is 9.85 Å². The second-order valence-electron chi connectivity index (χ2n) is 3.93. The van der Waals surface area contributed by atoms with Gasteiger partial charge in [-0.15, -0.1) is 0 Å². The van der Waals surface area contributed by atoms with Gasteiger partial charge in [0.2, 0.25) is 0 Å². The Kier molecular flexibility index (Phi) is 3.23. The van der Waals surface area contributed by atoms with Gasteiger partial charge in [-0.25, -0.2) is 0 Å². The van der Waals surface area contributed by atoms with Gasteiger partial charge in [0.1, 0.15) is 12.1 Å². The van der Waals surface area contributed by atoms with E-state index < -0.39 is 15.7 Å². The van der Waals surface area contributed by atoms with Crippen LogP contribution in [0.15, 0.2) is 30.3 Å². The molecule has 1 aromatic carbocycles. The summed E-state index contributed by atoms with van der Waals surface area (Å²) >= 11 is 0. The van der Waals surface area contributed by atoms with Gasteiger partial charge in [-0.05, 0) is 20.1 Å². The Morgan fingerprint density at radius 1 is 1.16 bits per heavy atom. The lowest BCUT2D eigenvalue weighted by Crippen LogP contribution is -2.01. The van der Waals surface area contributed by atoms with Crippen LogP contribution in [0.2, 0.25) is 0 Å². The number of hydrogen-bond acceptors (Lipinski definition) is 5. The molecule has 98 valence electrons. The van der Waals surface area contributed by atoms with Crippen molar-refractivity contribution in [2.24, 2.45) is 7.05 Å². The van der Waals surface area contributed by atoms with E-state index in [1.807, 2.05) is 0 Å². The van der Waals surface area contributed by atoms with Crippen LogP contribution in [0.25, 0.3) is 0 Å². The minimum absolute atomic E-state index is 0.0173. The summed E-state index contributed by atoms with van der Waals surface area (Å²) in [6, 6.07) is 8.84. The number of nitro groups is 2. The van der Waals surface area contributed by atoms with Crippen molar-refractivity contribution >= 4 is 11.6 Å². The molecule has 0 saturated carbocycles. The number of aromatic nitrogens is 2. The van der Waals surface area contributed by atoms with E-state index in [9.17, 15) is 20.2 Å². The molecule has 8 heteroatoms. The third-order valence-electron chi connectivity index (χ3n) is 2.66. The number of nitrogens with zero attached hydrogens (tertiary/aromatic N) is 4. The fourth-order valence-electron chi connectivity index (χ4n) is 1.88. The van der Waals surface area contributed by atoms with Crippen LogP contribution in [-0.4, -0.2) is 19.6 Å². The molecule has 0 spiro atoms. The van der Waals surface area contributed by atoms with Crippen molar-refractivity contribution in [2.75, 3.05) is 0 Å². The van der Waals surface area contributed by atoms with E-state index in [1.54, 1.807) is 30.3 Å². The molecular formula is C11H10N4O4. The summed E-state index contributed by atoms with van der Waals surface area (Å²) in [5.74, 6) is -0.825. The van der Waals surface area contributed by atoms with Gasteiger partial charge in [-0.3, -0.25) is 0 Å². The highest BCUT2D eigenvalue weighted by Gasteiger charge is 2.34. The lowest BCUT2D eigenvalue weighted by molar-refractivity contribution is -0.396. The van der Waals surface area contributed by atoms with Gasteiger partial charge >= 0.3 is 11.6 Å². The molecule has 19 heavy (non-hydrogen) atoms. The highest BCUT2D eigenvalue weighted by Crippen LogP contribution is 2.29. The zero-order valence-electron chi connectivity index (χ0n) is 10.0. The topological polar surface area (TPSA) is 104 Å². The molecule has 0 fully saturated rings. The van der Waals surface area contributed by atoms with Gasteiger partial charge in [-0.1, -0.05) is 30.3 Å². The van der Waals surface area contributed by atoms with Crippen LogP contribution in [-0.2, 0) is 13.5 Å². The molecule has 0 atom stereocenters. The fourth-order valence-corrected chi connectivity index (χ4v) is 1.88. The van der Waals surface area contributed by atoms with Gasteiger partial charge in [0, 0.05) is 6.42 Å². The summed E-state index contributed by atoms with van der Waals surface area (Å²) in [7, 11) is 1.32. The molecule has 2 rings (SSSR count). The van der Waals surface area contributed by atoms with Crippen molar-refractivity contribution in [3.8, 4) is 0 Å². The average molecular weight is 262 g/mol. The van der Waals surface area contributed by atoms with Gasteiger partial charge in [0.05, 0.1) is 0 Å². The van der Waals surface area contributed by atoms with Crippen LogP contribution >= 0.6 is 0 Å². The molecule has 0 aliphatic heterocycles. The highest BCUT2D eigenvalue weighted by atomic mass is 16.6. The lowest BCUT2D eigenvalue weighted by Gasteiger charge is -1.99. The Hall–Kier alpha value is -2.77. The monoisotopic (exact) mass is 262 g/mol. The predicted molar refractivity (Wildman–Crippen MR) is 65.8 cm³/mol. The van der Waals surface area contributed by atoms with Gasteiger partial charge < -0.3 is 20.2 Å². The molecule has 0 aliphatic rings. The normalized spacial score (nSPS) is 10.4. The predicted octanol–water partition coefficient (Wildman–Crippen LogP) is 1.83. The first-order valence-corrected chi connectivity index (χ1v) is 5.39. The van der Waals surface area contributed by atoms with E-state index in [4.69, 9.17) is 0 Å². The van der Waals surface area contributed by atoms with E-state index in [2.05, 4.69) is 5.10 Å². The van der Waals surface area contributed by atoms with Crippen molar-refractivity contribution in [3.05, 3.63) is 61.7 Å². The van der Waals surface area contributed by atoms with Crippen molar-refractivity contribution in [1.82, 2.24) is 9.78 Å². The van der Waals surface area contributed by atoms with Crippen LogP contribution in [0.1, 0.15) is 11.1 Å². The Morgan fingerprint density at radius 3 is 2.32 bits per heavy atom. The zero-order chi connectivity index (χ0) is 14.0. The van der Waals surface area contributed by atoms with Crippen LogP contribution in [0.3, 0.4) is 0 Å². The average Bonchev–Trinajstić information content (AvgIpc) is 2.67. The molecule has 1 aromatic heterocycles. The third kappa shape index (κ3) is 2.41. The Balaban J connectivity index is 2.53. The molecule has 0 aliphatic carbocycles. The highest BCUT2D eigenvalue weighted by molar-refractivity contribution is 5.48. The Morgan fingerprint density at radius 2 is 1.79 bits per heavy atom. The molecule has 1 heterocycles. The van der Waals surface area contributed by atoms with E-state index in [-0.39, 0.29) is 17.8 Å². The first-order chi connectivity index (χ1) is 9.00. The number of hydrogen-bond donors (Lipinski definition) is 0. The lowest BCUT2D eigenvalue weighted by atomic mass is 10.1. The molecule has 0 saturated heterocycles. The minimum atomic E-state index is -0.703. The third-order valence-corrected chi connectivity index (χ3v) is 2.66. The van der Waals surface area contributed by atoms with Gasteiger partial charge in [0.15, 0.2) is 5.56 Å². The van der Waals surface area contributed by atoms with E-state index in [0.29, 0.717) is 0 Å². The molecule has 0 radical (unpaired) electrons. The van der Waals surface area contributed by atoms with E-state index >= 15 is 0 Å². The Labute approximate surface area is 107 Å². The van der Waals surface area contributed by atoms with Crippen LogP contribution < -0.4 is 0 Å². The summed E-state index contributed by atoms with van der Waals surface area (Å²) in [6.07, 6.45) is 0.0985. The maximum Gasteiger partial charge on any atom is 0.423 e. The van der Waals surface area contributed by atoms with E-state index in [0.717, 1.165) is 10.2 Å². The zero-order valence-corrected chi connectivity index (χ0v) is 10.0. The molecule has 8 nitrogen and oxygen atoms in total. The van der Waals surface area contributed by atoms with Gasteiger partial charge in [0.25, 0.3) is 0 Å². The standard InChI is InChI=1S/C11H10N4O4/c1-13-11(15(18)19)9(10(12-13)14(16)17)7-8-5-3-2-4-6-8/h2-6H,7H2,1H3. The maximum absolute atomic E-state index is 11.0. The van der Waals surface area contributed by atoms with Crippen molar-refractivity contribution in [1.29, 1.82) is 0 Å². The van der Waals surface area contributed by atoms with Crippen molar-refractivity contribution in [2.45, 2.75) is 6.42 Å². The first kappa shape index (κ1) is 12.7. The molecule has 0 bridgehead atoms. The minimum Gasteiger partial charge on any atom is -0.358 e. The molecule has 0 N–H and O–H groups in total. The quantitative estimate of drug-likeness (QED) is 0.617. The molecule has 0 amide bonds. The fraction of sp³-hybridized carbons (Fsp3) is 0.182. The summed E-state index contributed by atoms with van der Waals surface area (Å²) < 4.78 is 0.927. The first-order valence-electron chi connectivity index (χ1n) is 5.39. The van der Waals surface area contributed by atoms with Crippen LogP contribution in [0, 0.1) is 20.2 Å². The largest absolute Gasteiger partial charge is 0.423 e. The van der Waals surface area contributed by atoms with Crippen molar-refractivity contribution in [3.63, 3.8) is 0 Å². The van der Waals surface area contributed by atoms with E-state index in [1.165, 1.54) is 7.05 Å². The van der Waals surface area contributed by atoms with Gasteiger partial charge in [-0.2, -0.15) is 0 Å².